The van der Waals surface area contributed by atoms with E-state index < -0.39 is 0 Å². The van der Waals surface area contributed by atoms with Crippen molar-refractivity contribution in [2.45, 2.75) is 6.54 Å². The molecule has 5 nitrogen and oxygen atoms in total. The number of fused-ring (bicyclic) bond motifs is 1. The summed E-state index contributed by atoms with van der Waals surface area (Å²) in [6, 6.07) is 0. The van der Waals surface area contributed by atoms with Crippen LogP contribution in [-0.4, -0.2) is 31.8 Å². The number of hydrogen-bond donors (Lipinski definition) is 1. The number of thioether (sulfide) groups is 1. The number of aryl methyl sites for hydroxylation is 1. The second-order valence-electron chi connectivity index (χ2n) is 2.86. The fourth-order valence-corrected chi connectivity index (χ4v) is 1.61. The van der Waals surface area contributed by atoms with Crippen LogP contribution in [0, 0.1) is 0 Å². The van der Waals surface area contributed by atoms with E-state index in [4.69, 9.17) is 5.73 Å². The zero-order valence-corrected chi connectivity index (χ0v) is 8.66. The molecule has 2 rings (SSSR count). The average Bonchev–Trinajstić information content (AvgIpc) is 2.60. The Labute approximate surface area is 85.7 Å². The number of anilines is 1. The quantitative estimate of drug-likeness (QED) is 0.808. The number of hydrogen-bond acceptors (Lipinski definition) is 5. The van der Waals surface area contributed by atoms with Crippen molar-refractivity contribution in [1.29, 1.82) is 0 Å². The summed E-state index contributed by atoms with van der Waals surface area (Å²) in [7, 11) is 0. The maximum atomic E-state index is 5.69. The van der Waals surface area contributed by atoms with Crippen LogP contribution in [0.25, 0.3) is 11.0 Å². The van der Waals surface area contributed by atoms with Gasteiger partial charge in [0.15, 0.2) is 5.65 Å². The lowest BCUT2D eigenvalue weighted by Gasteiger charge is -2.00. The minimum atomic E-state index is 0.491. The first-order valence-electron chi connectivity index (χ1n) is 4.24. The van der Waals surface area contributed by atoms with Gasteiger partial charge in [0.05, 0.1) is 18.1 Å². The van der Waals surface area contributed by atoms with Crippen molar-refractivity contribution in [3.8, 4) is 0 Å². The maximum Gasteiger partial charge on any atom is 0.163 e. The summed E-state index contributed by atoms with van der Waals surface area (Å²) in [5.41, 5.74) is 6.50. The Morgan fingerprint density at radius 1 is 1.50 bits per heavy atom. The molecule has 0 unspecified atom stereocenters. The maximum absolute atomic E-state index is 5.69. The number of nitrogens with two attached hydrogens (primary N) is 1. The van der Waals surface area contributed by atoms with Crippen LogP contribution in [-0.2, 0) is 6.54 Å². The Morgan fingerprint density at radius 3 is 3.14 bits per heavy atom. The van der Waals surface area contributed by atoms with Crippen LogP contribution in [0.2, 0.25) is 0 Å². The molecule has 0 radical (unpaired) electrons. The molecule has 0 aliphatic rings. The molecule has 74 valence electrons. The molecule has 2 heterocycles. The number of nitrogens with zero attached hydrogens (tertiary/aromatic N) is 4. The average molecular weight is 209 g/mol. The minimum Gasteiger partial charge on any atom is -0.383 e. The van der Waals surface area contributed by atoms with Gasteiger partial charge in [-0.1, -0.05) is 0 Å². The Bertz CT molecular complexity index is 438. The summed E-state index contributed by atoms with van der Waals surface area (Å²) in [5.74, 6) is 1.51. The monoisotopic (exact) mass is 209 g/mol. The highest BCUT2D eigenvalue weighted by atomic mass is 32.2. The molecular weight excluding hydrogens is 198 g/mol. The van der Waals surface area contributed by atoms with E-state index in [9.17, 15) is 0 Å². The zero-order valence-electron chi connectivity index (χ0n) is 7.84. The standard InChI is InChI=1S/C8H11N5S/c1-14-3-2-13-8-6(4-12-13)7(9)10-5-11-8/h4-5H,2-3H2,1H3,(H2,9,10,11). The summed E-state index contributed by atoms with van der Waals surface area (Å²) >= 11 is 1.78. The molecule has 0 aliphatic carbocycles. The van der Waals surface area contributed by atoms with E-state index in [0.29, 0.717) is 5.82 Å². The first kappa shape index (κ1) is 9.26. The molecule has 0 aliphatic heterocycles. The van der Waals surface area contributed by atoms with Gasteiger partial charge in [-0.2, -0.15) is 16.9 Å². The zero-order chi connectivity index (χ0) is 9.97. The van der Waals surface area contributed by atoms with Gasteiger partial charge >= 0.3 is 0 Å². The predicted molar refractivity (Wildman–Crippen MR) is 58.1 cm³/mol. The molecule has 2 aromatic rings. The molecule has 0 saturated heterocycles. The molecule has 0 saturated carbocycles. The van der Waals surface area contributed by atoms with E-state index in [2.05, 4.69) is 21.3 Å². The van der Waals surface area contributed by atoms with E-state index in [1.165, 1.54) is 6.33 Å². The van der Waals surface area contributed by atoms with Gasteiger partial charge in [-0.3, -0.25) is 0 Å². The highest BCUT2D eigenvalue weighted by Crippen LogP contribution is 2.15. The fraction of sp³-hybridized carbons (Fsp3) is 0.375. The van der Waals surface area contributed by atoms with Crippen LogP contribution in [0.15, 0.2) is 12.5 Å². The van der Waals surface area contributed by atoms with Gasteiger partial charge in [0, 0.05) is 5.75 Å². The third-order valence-electron chi connectivity index (χ3n) is 1.97. The Morgan fingerprint density at radius 2 is 2.36 bits per heavy atom. The van der Waals surface area contributed by atoms with Crippen molar-refractivity contribution in [2.75, 3.05) is 17.7 Å². The van der Waals surface area contributed by atoms with Gasteiger partial charge in [0.25, 0.3) is 0 Å². The van der Waals surface area contributed by atoms with Gasteiger partial charge in [0.2, 0.25) is 0 Å². The second kappa shape index (κ2) is 3.83. The van der Waals surface area contributed by atoms with E-state index in [-0.39, 0.29) is 0 Å². The third kappa shape index (κ3) is 1.52. The molecule has 14 heavy (non-hydrogen) atoms. The lowest BCUT2D eigenvalue weighted by atomic mass is 10.4. The predicted octanol–water partition coefficient (Wildman–Crippen LogP) is 0.772. The van der Waals surface area contributed by atoms with E-state index in [1.807, 2.05) is 4.68 Å². The summed E-state index contributed by atoms with van der Waals surface area (Å²) in [6.07, 6.45) is 5.25. The molecule has 6 heteroatoms. The van der Waals surface area contributed by atoms with E-state index in [1.54, 1.807) is 18.0 Å². The normalized spacial score (nSPS) is 10.9. The minimum absolute atomic E-state index is 0.491. The molecule has 0 fully saturated rings. The van der Waals surface area contributed by atoms with Crippen molar-refractivity contribution >= 4 is 28.6 Å². The molecule has 2 N–H and O–H groups in total. The summed E-state index contributed by atoms with van der Waals surface area (Å²) in [5, 5.41) is 5.04. The summed E-state index contributed by atoms with van der Waals surface area (Å²) in [4.78, 5) is 8.06. The number of aromatic nitrogens is 4. The topological polar surface area (TPSA) is 69.6 Å². The van der Waals surface area contributed by atoms with Crippen LogP contribution in [0.1, 0.15) is 0 Å². The molecule has 0 aromatic carbocycles. The molecule has 2 aromatic heterocycles. The van der Waals surface area contributed by atoms with Crippen LogP contribution in [0.5, 0.6) is 0 Å². The van der Waals surface area contributed by atoms with Gasteiger partial charge in [-0.05, 0) is 6.26 Å². The third-order valence-corrected chi connectivity index (χ3v) is 2.56. The van der Waals surface area contributed by atoms with Crippen molar-refractivity contribution in [3.05, 3.63) is 12.5 Å². The van der Waals surface area contributed by atoms with Gasteiger partial charge in [-0.25, -0.2) is 14.6 Å². The van der Waals surface area contributed by atoms with Crippen molar-refractivity contribution in [2.24, 2.45) is 0 Å². The fourth-order valence-electron chi connectivity index (χ4n) is 1.25. The molecule has 0 amide bonds. The lowest BCUT2D eigenvalue weighted by molar-refractivity contribution is 0.683. The SMILES string of the molecule is CSCCn1ncc2c(N)ncnc21. The first-order valence-corrected chi connectivity index (χ1v) is 5.63. The second-order valence-corrected chi connectivity index (χ2v) is 3.84. The van der Waals surface area contributed by atoms with Crippen molar-refractivity contribution < 1.29 is 0 Å². The van der Waals surface area contributed by atoms with Crippen LogP contribution >= 0.6 is 11.8 Å². The number of nitrogen functional groups attached to an aromatic ring is 1. The molecule has 0 spiro atoms. The lowest BCUT2D eigenvalue weighted by Crippen LogP contribution is -2.03. The van der Waals surface area contributed by atoms with Gasteiger partial charge < -0.3 is 5.73 Å². The number of rotatable bonds is 3. The van der Waals surface area contributed by atoms with Gasteiger partial charge in [-0.15, -0.1) is 0 Å². The molecular formula is C8H11N5S. The Hall–Kier alpha value is -1.30. The first-order chi connectivity index (χ1) is 6.83. The Kier molecular flexibility index (Phi) is 2.53. The smallest absolute Gasteiger partial charge is 0.163 e. The van der Waals surface area contributed by atoms with E-state index in [0.717, 1.165) is 23.3 Å². The Balaban J connectivity index is 2.42. The molecule has 0 bridgehead atoms. The van der Waals surface area contributed by atoms with Crippen molar-refractivity contribution in [3.63, 3.8) is 0 Å². The summed E-state index contributed by atoms with van der Waals surface area (Å²) < 4.78 is 1.85. The largest absolute Gasteiger partial charge is 0.383 e. The van der Waals surface area contributed by atoms with Crippen LogP contribution < -0.4 is 5.73 Å². The van der Waals surface area contributed by atoms with E-state index >= 15 is 0 Å². The highest BCUT2D eigenvalue weighted by Gasteiger charge is 2.06. The van der Waals surface area contributed by atoms with Crippen molar-refractivity contribution in [1.82, 2.24) is 19.7 Å². The highest BCUT2D eigenvalue weighted by molar-refractivity contribution is 7.98. The van der Waals surface area contributed by atoms with Gasteiger partial charge in [0.1, 0.15) is 12.1 Å². The molecule has 0 atom stereocenters. The summed E-state index contributed by atoms with van der Waals surface area (Å²) in [6.45, 7) is 0.848. The van der Waals surface area contributed by atoms with Crippen LogP contribution in [0.3, 0.4) is 0 Å². The van der Waals surface area contributed by atoms with Crippen LogP contribution in [0.4, 0.5) is 5.82 Å².